The molecule has 0 aromatic heterocycles. The van der Waals surface area contributed by atoms with Crippen LogP contribution in [0.5, 0.6) is 0 Å². The third-order valence-corrected chi connectivity index (χ3v) is 7.33. The van der Waals surface area contributed by atoms with Crippen molar-refractivity contribution in [2.75, 3.05) is 26.7 Å². The summed E-state index contributed by atoms with van der Waals surface area (Å²) < 4.78 is 0. The summed E-state index contributed by atoms with van der Waals surface area (Å²) >= 11 is 0. The van der Waals surface area contributed by atoms with Crippen molar-refractivity contribution in [3.8, 4) is 6.07 Å². The number of nitrogens with one attached hydrogen (secondary N) is 2. The van der Waals surface area contributed by atoms with E-state index < -0.39 is 17.6 Å². The third-order valence-electron chi connectivity index (χ3n) is 7.33. The first kappa shape index (κ1) is 20.1. The van der Waals surface area contributed by atoms with Gasteiger partial charge in [0.15, 0.2) is 0 Å². The maximum atomic E-state index is 13.4. The number of carbonyl (C=O) groups excluding carboxylic acids is 3. The van der Waals surface area contributed by atoms with E-state index in [1.165, 1.54) is 0 Å². The van der Waals surface area contributed by atoms with Crippen LogP contribution in [0.25, 0.3) is 0 Å². The average molecular weight is 402 g/mol. The minimum Gasteiger partial charge on any atom is -0.356 e. The molecule has 0 radical (unpaired) electrons. The second-order valence-electron chi connectivity index (χ2n) is 9.20. The quantitative estimate of drug-likeness (QED) is 0.642. The van der Waals surface area contributed by atoms with Crippen molar-refractivity contribution in [1.29, 1.82) is 5.26 Å². The van der Waals surface area contributed by atoms with Crippen molar-refractivity contribution >= 4 is 17.7 Å². The molecule has 1 spiro atoms. The van der Waals surface area contributed by atoms with E-state index in [1.54, 1.807) is 4.90 Å². The molecule has 1 saturated carbocycles. The topological polar surface area (TPSA) is 106 Å². The van der Waals surface area contributed by atoms with Crippen molar-refractivity contribution in [1.82, 2.24) is 20.4 Å². The highest BCUT2D eigenvalue weighted by atomic mass is 16.2. The largest absolute Gasteiger partial charge is 0.356 e. The number of hydrogen-bond donors (Lipinski definition) is 2. The molecule has 0 bridgehead atoms. The Labute approximate surface area is 172 Å². The summed E-state index contributed by atoms with van der Waals surface area (Å²) in [5.41, 5.74) is -0.446. The number of likely N-dealkylation sites (tertiary alicyclic amines) is 2. The number of carbonyl (C=O) groups is 3. The third kappa shape index (κ3) is 3.85. The van der Waals surface area contributed by atoms with Crippen LogP contribution in [-0.2, 0) is 14.4 Å². The van der Waals surface area contributed by atoms with Gasteiger partial charge in [0, 0.05) is 19.0 Å². The Morgan fingerprint density at radius 3 is 2.66 bits per heavy atom. The minimum absolute atomic E-state index is 0.0463. The zero-order valence-corrected chi connectivity index (χ0v) is 17.2. The smallest absolute Gasteiger partial charge is 0.243 e. The molecule has 4 fully saturated rings. The van der Waals surface area contributed by atoms with Gasteiger partial charge in [-0.2, -0.15) is 5.26 Å². The van der Waals surface area contributed by atoms with Gasteiger partial charge in [0.1, 0.15) is 17.6 Å². The highest BCUT2D eigenvalue weighted by molar-refractivity contribution is 5.94. The Balaban J connectivity index is 1.45. The van der Waals surface area contributed by atoms with E-state index in [1.807, 2.05) is 7.05 Å². The summed E-state index contributed by atoms with van der Waals surface area (Å²) in [6.45, 7) is 2.13. The summed E-state index contributed by atoms with van der Waals surface area (Å²) in [6.07, 6.45) is 6.51. The van der Waals surface area contributed by atoms with Gasteiger partial charge in [-0.25, -0.2) is 0 Å². The zero-order chi connectivity index (χ0) is 20.6. The van der Waals surface area contributed by atoms with Gasteiger partial charge in [0.05, 0.1) is 6.07 Å². The summed E-state index contributed by atoms with van der Waals surface area (Å²) in [7, 11) is 2.00. The van der Waals surface area contributed by atoms with Crippen LogP contribution in [0.2, 0.25) is 0 Å². The van der Waals surface area contributed by atoms with Crippen LogP contribution in [0.1, 0.15) is 51.4 Å². The molecule has 3 heterocycles. The first-order valence-electron chi connectivity index (χ1n) is 10.9. The normalized spacial score (nSPS) is 31.7. The Bertz CT molecular complexity index is 730. The van der Waals surface area contributed by atoms with Crippen LogP contribution in [-0.4, -0.2) is 71.8 Å². The number of nitriles is 1. The first-order chi connectivity index (χ1) is 13.9. The van der Waals surface area contributed by atoms with Gasteiger partial charge in [-0.1, -0.05) is 12.8 Å². The fourth-order valence-corrected chi connectivity index (χ4v) is 5.29. The fourth-order valence-electron chi connectivity index (χ4n) is 5.29. The van der Waals surface area contributed by atoms with E-state index in [0.29, 0.717) is 38.3 Å². The number of hydrogen-bond acceptors (Lipinski definition) is 5. The van der Waals surface area contributed by atoms with Gasteiger partial charge in [-0.15, -0.1) is 0 Å². The Kier molecular flexibility index (Phi) is 5.52. The molecule has 8 heteroatoms. The standard InChI is InChI=1S/C21H31N5O3/c1-25-9-2-6-21(25)7-10-26(20(21)29)17(11-14-3-4-14)19(28)24-16(13-22)12-15-5-8-23-18(15)27/h14-17H,2-12H2,1H3,(H,23,27)(H,24,28)/t15-,16-,17?,21?/m0/s1. The summed E-state index contributed by atoms with van der Waals surface area (Å²) in [6, 6.07) is 0.912. The molecule has 29 heavy (non-hydrogen) atoms. The van der Waals surface area contributed by atoms with E-state index >= 15 is 0 Å². The maximum absolute atomic E-state index is 13.4. The molecule has 4 atom stereocenters. The van der Waals surface area contributed by atoms with E-state index in [0.717, 1.165) is 38.6 Å². The van der Waals surface area contributed by atoms with E-state index in [4.69, 9.17) is 0 Å². The van der Waals surface area contributed by atoms with Crippen LogP contribution in [0.4, 0.5) is 0 Å². The monoisotopic (exact) mass is 401 g/mol. The number of nitrogens with zero attached hydrogens (tertiary/aromatic N) is 3. The van der Waals surface area contributed by atoms with Crippen molar-refractivity contribution in [2.24, 2.45) is 11.8 Å². The highest BCUT2D eigenvalue weighted by Crippen LogP contribution is 2.41. The molecule has 0 aromatic rings. The maximum Gasteiger partial charge on any atom is 0.243 e. The highest BCUT2D eigenvalue weighted by Gasteiger charge is 2.54. The van der Waals surface area contributed by atoms with Gasteiger partial charge in [0.25, 0.3) is 0 Å². The molecule has 8 nitrogen and oxygen atoms in total. The lowest BCUT2D eigenvalue weighted by atomic mass is 9.94. The van der Waals surface area contributed by atoms with Crippen LogP contribution in [0.15, 0.2) is 0 Å². The summed E-state index contributed by atoms with van der Waals surface area (Å²) in [5, 5.41) is 15.2. The zero-order valence-electron chi connectivity index (χ0n) is 17.2. The van der Waals surface area contributed by atoms with Crippen LogP contribution in [0, 0.1) is 23.2 Å². The lowest BCUT2D eigenvalue weighted by molar-refractivity contribution is -0.143. The Morgan fingerprint density at radius 1 is 1.28 bits per heavy atom. The molecule has 4 aliphatic rings. The number of amides is 3. The molecule has 3 saturated heterocycles. The molecule has 3 amide bonds. The summed E-state index contributed by atoms with van der Waals surface area (Å²) in [5.74, 6) is 0.0352. The number of rotatable bonds is 7. The second-order valence-corrected chi connectivity index (χ2v) is 9.20. The van der Waals surface area contributed by atoms with E-state index in [9.17, 15) is 19.6 Å². The van der Waals surface area contributed by atoms with Gasteiger partial charge < -0.3 is 15.5 Å². The van der Waals surface area contributed by atoms with Crippen LogP contribution in [0.3, 0.4) is 0 Å². The van der Waals surface area contributed by atoms with E-state index in [2.05, 4.69) is 21.6 Å². The molecule has 3 aliphatic heterocycles. The van der Waals surface area contributed by atoms with Gasteiger partial charge in [0.2, 0.25) is 17.7 Å². The average Bonchev–Trinajstić information content (AvgIpc) is 3.19. The lowest BCUT2D eigenvalue weighted by Crippen LogP contribution is -2.55. The minimum atomic E-state index is -0.709. The molecular formula is C21H31N5O3. The molecule has 1 aliphatic carbocycles. The van der Waals surface area contributed by atoms with Crippen molar-refractivity contribution in [3.05, 3.63) is 0 Å². The molecule has 2 N–H and O–H groups in total. The van der Waals surface area contributed by atoms with Gasteiger partial charge in [-0.3, -0.25) is 19.3 Å². The first-order valence-corrected chi connectivity index (χ1v) is 10.9. The lowest BCUT2D eigenvalue weighted by Gasteiger charge is -2.33. The molecule has 2 unspecified atom stereocenters. The van der Waals surface area contributed by atoms with E-state index in [-0.39, 0.29) is 23.6 Å². The Morgan fingerprint density at radius 2 is 2.07 bits per heavy atom. The second kappa shape index (κ2) is 7.94. The van der Waals surface area contributed by atoms with Gasteiger partial charge >= 0.3 is 0 Å². The van der Waals surface area contributed by atoms with Crippen molar-refractivity contribution in [2.45, 2.75) is 69.0 Å². The summed E-state index contributed by atoms with van der Waals surface area (Å²) in [4.78, 5) is 42.3. The predicted molar refractivity (Wildman–Crippen MR) is 105 cm³/mol. The molecule has 4 rings (SSSR count). The van der Waals surface area contributed by atoms with Gasteiger partial charge in [-0.05, 0) is 58.0 Å². The molecular weight excluding hydrogens is 370 g/mol. The fraction of sp³-hybridized carbons (Fsp3) is 0.810. The Hall–Kier alpha value is -2.14. The molecule has 0 aromatic carbocycles. The van der Waals surface area contributed by atoms with Crippen LogP contribution < -0.4 is 10.6 Å². The van der Waals surface area contributed by atoms with Crippen molar-refractivity contribution in [3.63, 3.8) is 0 Å². The van der Waals surface area contributed by atoms with Crippen molar-refractivity contribution < 1.29 is 14.4 Å². The predicted octanol–water partition coefficient (Wildman–Crippen LogP) is 0.386. The number of likely N-dealkylation sites (N-methyl/N-ethyl adjacent to an activating group) is 1. The van der Waals surface area contributed by atoms with Crippen LogP contribution >= 0.6 is 0 Å². The molecule has 158 valence electrons. The SMILES string of the molecule is CN1CCCC12CCN(C(CC1CC1)C(=O)N[C@H](C#N)C[C@@H]1CCNC1=O)C2=O.